The van der Waals surface area contributed by atoms with Gasteiger partial charge < -0.3 is 10.1 Å². The van der Waals surface area contributed by atoms with Crippen molar-refractivity contribution in [3.8, 4) is 5.75 Å². The monoisotopic (exact) mass is 249 g/mol. The Morgan fingerprint density at radius 3 is 2.11 bits per heavy atom. The molecular weight excluding hydrogens is 222 g/mol. The van der Waals surface area contributed by atoms with E-state index in [1.54, 1.807) is 0 Å². The van der Waals surface area contributed by atoms with Crippen LogP contribution in [0.25, 0.3) is 0 Å². The minimum absolute atomic E-state index is 0.521. The standard InChI is InChI=1S/C16H27NO/c1-11(2)17-9-13(4)10-18-16-14(5)7-12(3)8-15(16)6/h7-8,11,13,17H,9-10H2,1-6H3. The Bertz CT molecular complexity index is 362. The zero-order chi connectivity index (χ0) is 13.7. The lowest BCUT2D eigenvalue weighted by Crippen LogP contribution is -2.30. The lowest BCUT2D eigenvalue weighted by molar-refractivity contribution is 0.250. The molecule has 0 aliphatic heterocycles. The topological polar surface area (TPSA) is 21.3 Å². The summed E-state index contributed by atoms with van der Waals surface area (Å²) in [7, 11) is 0. The van der Waals surface area contributed by atoms with Crippen molar-refractivity contribution in [2.75, 3.05) is 13.2 Å². The zero-order valence-corrected chi connectivity index (χ0v) is 12.6. The predicted octanol–water partition coefficient (Wildman–Crippen LogP) is 3.62. The van der Waals surface area contributed by atoms with Crippen LogP contribution >= 0.6 is 0 Å². The number of nitrogens with one attached hydrogen (secondary N) is 1. The number of benzene rings is 1. The van der Waals surface area contributed by atoms with E-state index in [0.29, 0.717) is 12.0 Å². The number of hydrogen-bond donors (Lipinski definition) is 1. The Morgan fingerprint density at radius 2 is 1.61 bits per heavy atom. The van der Waals surface area contributed by atoms with Crippen LogP contribution in [0, 0.1) is 26.7 Å². The third-order valence-electron chi connectivity index (χ3n) is 2.99. The van der Waals surface area contributed by atoms with Gasteiger partial charge in [0.1, 0.15) is 5.75 Å². The summed E-state index contributed by atoms with van der Waals surface area (Å²) in [6, 6.07) is 4.90. The van der Waals surface area contributed by atoms with Crippen molar-refractivity contribution in [2.45, 2.75) is 47.6 Å². The maximum absolute atomic E-state index is 5.98. The molecule has 0 saturated carbocycles. The lowest BCUT2D eigenvalue weighted by atomic mass is 10.1. The number of hydrogen-bond acceptors (Lipinski definition) is 2. The van der Waals surface area contributed by atoms with Crippen molar-refractivity contribution < 1.29 is 4.74 Å². The summed E-state index contributed by atoms with van der Waals surface area (Å²) in [5.41, 5.74) is 3.76. The molecule has 0 amide bonds. The van der Waals surface area contributed by atoms with E-state index in [-0.39, 0.29) is 0 Å². The molecule has 18 heavy (non-hydrogen) atoms. The molecule has 0 spiro atoms. The first kappa shape index (κ1) is 15.0. The highest BCUT2D eigenvalue weighted by molar-refractivity contribution is 5.42. The average molecular weight is 249 g/mol. The molecular formula is C16H27NO. The molecule has 1 atom stereocenters. The van der Waals surface area contributed by atoms with Gasteiger partial charge in [-0.3, -0.25) is 0 Å². The van der Waals surface area contributed by atoms with Gasteiger partial charge in [-0.15, -0.1) is 0 Å². The Morgan fingerprint density at radius 1 is 1.06 bits per heavy atom. The van der Waals surface area contributed by atoms with E-state index < -0.39 is 0 Å². The Labute approximate surface area is 112 Å². The van der Waals surface area contributed by atoms with Gasteiger partial charge in [0.05, 0.1) is 6.61 Å². The highest BCUT2D eigenvalue weighted by atomic mass is 16.5. The average Bonchev–Trinajstić information content (AvgIpc) is 2.24. The van der Waals surface area contributed by atoms with Crippen LogP contribution in [0.5, 0.6) is 5.75 Å². The second kappa shape index (κ2) is 6.79. The summed E-state index contributed by atoms with van der Waals surface area (Å²) in [6.07, 6.45) is 0. The minimum atomic E-state index is 0.521. The van der Waals surface area contributed by atoms with Crippen molar-refractivity contribution in [3.05, 3.63) is 28.8 Å². The number of rotatable bonds is 6. The van der Waals surface area contributed by atoms with E-state index in [1.165, 1.54) is 16.7 Å². The fourth-order valence-electron chi connectivity index (χ4n) is 2.12. The zero-order valence-electron chi connectivity index (χ0n) is 12.6. The van der Waals surface area contributed by atoms with E-state index >= 15 is 0 Å². The molecule has 1 aromatic carbocycles. The Kier molecular flexibility index (Phi) is 5.67. The fraction of sp³-hybridized carbons (Fsp3) is 0.625. The highest BCUT2D eigenvalue weighted by Gasteiger charge is 2.08. The van der Waals surface area contributed by atoms with Gasteiger partial charge in [0, 0.05) is 18.5 Å². The highest BCUT2D eigenvalue weighted by Crippen LogP contribution is 2.24. The summed E-state index contributed by atoms with van der Waals surface area (Å²) in [4.78, 5) is 0. The summed E-state index contributed by atoms with van der Waals surface area (Å²) in [5, 5.41) is 3.44. The van der Waals surface area contributed by atoms with Crippen LogP contribution in [0.3, 0.4) is 0 Å². The molecule has 0 aromatic heterocycles. The smallest absolute Gasteiger partial charge is 0.125 e. The van der Waals surface area contributed by atoms with Gasteiger partial charge in [0.25, 0.3) is 0 Å². The maximum atomic E-state index is 5.98. The van der Waals surface area contributed by atoms with E-state index in [4.69, 9.17) is 4.74 Å². The Balaban J connectivity index is 2.53. The quantitative estimate of drug-likeness (QED) is 0.831. The minimum Gasteiger partial charge on any atom is -0.493 e. The molecule has 102 valence electrons. The van der Waals surface area contributed by atoms with Gasteiger partial charge in [0.15, 0.2) is 0 Å². The van der Waals surface area contributed by atoms with Crippen LogP contribution < -0.4 is 10.1 Å². The van der Waals surface area contributed by atoms with E-state index in [9.17, 15) is 0 Å². The van der Waals surface area contributed by atoms with Crippen molar-refractivity contribution in [1.82, 2.24) is 5.32 Å². The molecule has 0 radical (unpaired) electrons. The summed E-state index contributed by atoms with van der Waals surface area (Å²) >= 11 is 0. The third kappa shape index (κ3) is 4.69. The Hall–Kier alpha value is -1.02. The molecule has 0 bridgehead atoms. The first-order chi connectivity index (χ1) is 8.40. The largest absolute Gasteiger partial charge is 0.493 e. The van der Waals surface area contributed by atoms with Crippen molar-refractivity contribution in [3.63, 3.8) is 0 Å². The second-order valence-corrected chi connectivity index (χ2v) is 5.71. The normalized spacial score (nSPS) is 12.8. The first-order valence-corrected chi connectivity index (χ1v) is 6.84. The van der Waals surface area contributed by atoms with Gasteiger partial charge in [-0.25, -0.2) is 0 Å². The SMILES string of the molecule is Cc1cc(C)c(OCC(C)CNC(C)C)c(C)c1. The number of aryl methyl sites for hydroxylation is 3. The molecule has 1 N–H and O–H groups in total. The third-order valence-corrected chi connectivity index (χ3v) is 2.99. The van der Waals surface area contributed by atoms with Crippen molar-refractivity contribution in [1.29, 1.82) is 0 Å². The predicted molar refractivity (Wildman–Crippen MR) is 78.5 cm³/mol. The molecule has 1 rings (SSSR count). The first-order valence-electron chi connectivity index (χ1n) is 6.84. The van der Waals surface area contributed by atoms with Gasteiger partial charge in [-0.05, 0) is 31.9 Å². The van der Waals surface area contributed by atoms with Crippen LogP contribution in [-0.4, -0.2) is 19.2 Å². The van der Waals surface area contributed by atoms with E-state index in [1.807, 2.05) is 0 Å². The summed E-state index contributed by atoms with van der Waals surface area (Å²) < 4.78 is 5.98. The maximum Gasteiger partial charge on any atom is 0.125 e. The van der Waals surface area contributed by atoms with Crippen LogP contribution in [-0.2, 0) is 0 Å². The van der Waals surface area contributed by atoms with Crippen molar-refractivity contribution >= 4 is 0 Å². The van der Waals surface area contributed by atoms with Crippen LogP contribution in [0.1, 0.15) is 37.5 Å². The molecule has 0 heterocycles. The van der Waals surface area contributed by atoms with E-state index in [2.05, 4.69) is 59.0 Å². The summed E-state index contributed by atoms with van der Waals surface area (Å²) in [6.45, 7) is 14.7. The van der Waals surface area contributed by atoms with Gasteiger partial charge in [-0.2, -0.15) is 0 Å². The molecule has 0 saturated heterocycles. The number of ether oxygens (including phenoxy) is 1. The summed E-state index contributed by atoms with van der Waals surface area (Å²) in [5.74, 6) is 1.57. The second-order valence-electron chi connectivity index (χ2n) is 5.71. The van der Waals surface area contributed by atoms with Crippen molar-refractivity contribution in [2.24, 2.45) is 5.92 Å². The fourth-order valence-corrected chi connectivity index (χ4v) is 2.12. The van der Waals surface area contributed by atoms with Crippen LogP contribution in [0.4, 0.5) is 0 Å². The molecule has 2 heteroatoms. The lowest BCUT2D eigenvalue weighted by Gasteiger charge is -2.18. The molecule has 2 nitrogen and oxygen atoms in total. The molecule has 0 aliphatic carbocycles. The molecule has 0 fully saturated rings. The van der Waals surface area contributed by atoms with E-state index in [0.717, 1.165) is 18.9 Å². The molecule has 1 aromatic rings. The van der Waals surface area contributed by atoms with Gasteiger partial charge in [0.2, 0.25) is 0 Å². The molecule has 0 aliphatic rings. The molecule has 1 unspecified atom stereocenters. The van der Waals surface area contributed by atoms with Gasteiger partial charge >= 0.3 is 0 Å². The van der Waals surface area contributed by atoms with Crippen LogP contribution in [0.15, 0.2) is 12.1 Å². The van der Waals surface area contributed by atoms with Crippen LogP contribution in [0.2, 0.25) is 0 Å². The van der Waals surface area contributed by atoms with Gasteiger partial charge in [-0.1, -0.05) is 38.5 Å².